The predicted octanol–water partition coefficient (Wildman–Crippen LogP) is 4.32. The van der Waals surface area contributed by atoms with E-state index in [-0.39, 0.29) is 6.61 Å². The summed E-state index contributed by atoms with van der Waals surface area (Å²) in [6.45, 7) is 1.21. The highest BCUT2D eigenvalue weighted by molar-refractivity contribution is 7.80. The van der Waals surface area contributed by atoms with Crippen molar-refractivity contribution in [1.82, 2.24) is 4.90 Å². The van der Waals surface area contributed by atoms with Gasteiger partial charge < -0.3 is 15.1 Å². The van der Waals surface area contributed by atoms with Gasteiger partial charge in [-0.15, -0.1) is 11.3 Å². The number of aliphatic hydroxyl groups excluding tert-OH is 2. The van der Waals surface area contributed by atoms with Gasteiger partial charge in [-0.05, 0) is 54.5 Å². The van der Waals surface area contributed by atoms with E-state index in [2.05, 4.69) is 40.6 Å². The molecule has 0 saturated carbocycles. The SMILES string of the molecule is OCCCCCN1C(=S)C[C@@H]1/C=C/C(O)CCc1csc2ccccc12. The lowest BCUT2D eigenvalue weighted by Gasteiger charge is -2.42. The topological polar surface area (TPSA) is 43.7 Å². The maximum Gasteiger partial charge on any atom is 0.0808 e. The summed E-state index contributed by atoms with van der Waals surface area (Å²) in [5.41, 5.74) is 1.33. The minimum atomic E-state index is -0.418. The van der Waals surface area contributed by atoms with E-state index in [1.807, 2.05) is 6.08 Å². The zero-order valence-corrected chi connectivity index (χ0v) is 16.6. The van der Waals surface area contributed by atoms with Crippen LogP contribution in [0.2, 0.25) is 0 Å². The second-order valence-electron chi connectivity index (χ2n) is 6.89. The van der Waals surface area contributed by atoms with Gasteiger partial charge in [0.15, 0.2) is 0 Å². The van der Waals surface area contributed by atoms with E-state index in [1.165, 1.54) is 15.6 Å². The molecule has 26 heavy (non-hydrogen) atoms. The number of rotatable bonds is 10. The third kappa shape index (κ3) is 4.92. The Bertz CT molecular complexity index is 755. The van der Waals surface area contributed by atoms with Crippen molar-refractivity contribution < 1.29 is 10.2 Å². The first-order valence-electron chi connectivity index (χ1n) is 9.41. The van der Waals surface area contributed by atoms with Gasteiger partial charge in [0, 0.05) is 24.3 Å². The Morgan fingerprint density at radius 3 is 2.92 bits per heavy atom. The van der Waals surface area contributed by atoms with Crippen LogP contribution in [0.4, 0.5) is 0 Å². The molecule has 2 aromatic rings. The Morgan fingerprint density at radius 1 is 1.27 bits per heavy atom. The van der Waals surface area contributed by atoms with Crippen LogP contribution in [0.3, 0.4) is 0 Å². The second-order valence-corrected chi connectivity index (χ2v) is 8.27. The molecule has 2 atom stereocenters. The summed E-state index contributed by atoms with van der Waals surface area (Å²) in [5.74, 6) is 0. The van der Waals surface area contributed by atoms with Crippen LogP contribution >= 0.6 is 23.6 Å². The summed E-state index contributed by atoms with van der Waals surface area (Å²) < 4.78 is 1.31. The highest BCUT2D eigenvalue weighted by Gasteiger charge is 2.29. The molecular formula is C21H27NO2S2. The summed E-state index contributed by atoms with van der Waals surface area (Å²) in [7, 11) is 0. The zero-order valence-electron chi connectivity index (χ0n) is 15.0. The van der Waals surface area contributed by atoms with Gasteiger partial charge in [0.25, 0.3) is 0 Å². The maximum absolute atomic E-state index is 10.3. The summed E-state index contributed by atoms with van der Waals surface area (Å²) in [5, 5.41) is 22.7. The van der Waals surface area contributed by atoms with E-state index < -0.39 is 6.10 Å². The van der Waals surface area contributed by atoms with Crippen LogP contribution in [-0.4, -0.2) is 45.4 Å². The molecule has 2 heterocycles. The van der Waals surface area contributed by atoms with Crippen LogP contribution in [-0.2, 0) is 6.42 Å². The Balaban J connectivity index is 1.45. The van der Waals surface area contributed by atoms with Crippen LogP contribution < -0.4 is 0 Å². The molecule has 1 aromatic heterocycles. The van der Waals surface area contributed by atoms with Gasteiger partial charge in [-0.25, -0.2) is 0 Å². The van der Waals surface area contributed by atoms with Gasteiger partial charge in [0.2, 0.25) is 0 Å². The maximum atomic E-state index is 10.3. The number of aliphatic hydroxyl groups is 2. The number of thiophene rings is 1. The van der Waals surface area contributed by atoms with Crippen molar-refractivity contribution >= 4 is 38.6 Å². The molecular weight excluding hydrogens is 362 g/mol. The molecule has 1 fully saturated rings. The zero-order chi connectivity index (χ0) is 18.4. The number of thiocarbonyl (C=S) groups is 1. The van der Waals surface area contributed by atoms with Gasteiger partial charge in [-0.3, -0.25) is 0 Å². The standard InChI is InChI=1S/C21H27NO2S2/c23-13-5-1-4-12-22-17(14-21(22)25)9-11-18(24)10-8-16-15-26-20-7-3-2-6-19(16)20/h2-3,6-7,9,11,15,17-18,23-24H,1,4-5,8,10,12-14H2/b11-9+/t17-,18?/m0/s1. The molecule has 140 valence electrons. The Kier molecular flexibility index (Phi) is 7.20. The Hall–Kier alpha value is -1.27. The number of benzene rings is 1. The van der Waals surface area contributed by atoms with Crippen molar-refractivity contribution in [1.29, 1.82) is 0 Å². The first kappa shape index (κ1) is 19.5. The monoisotopic (exact) mass is 389 g/mol. The highest BCUT2D eigenvalue weighted by atomic mass is 32.1. The van der Waals surface area contributed by atoms with Crippen molar-refractivity contribution in [3.8, 4) is 0 Å². The average Bonchev–Trinajstić information content (AvgIpc) is 3.06. The largest absolute Gasteiger partial charge is 0.396 e. The Labute approximate surface area is 165 Å². The third-order valence-electron chi connectivity index (χ3n) is 4.99. The van der Waals surface area contributed by atoms with Gasteiger partial charge in [0.05, 0.1) is 17.1 Å². The third-order valence-corrected chi connectivity index (χ3v) is 6.40. The van der Waals surface area contributed by atoms with Crippen LogP contribution in [0.25, 0.3) is 10.1 Å². The van der Waals surface area contributed by atoms with Crippen LogP contribution in [0, 0.1) is 0 Å². The number of hydrogen-bond donors (Lipinski definition) is 2. The van der Waals surface area contributed by atoms with Crippen molar-refractivity contribution in [2.45, 2.75) is 50.7 Å². The first-order chi connectivity index (χ1) is 12.7. The lowest BCUT2D eigenvalue weighted by molar-refractivity contribution is 0.210. The molecule has 5 heteroatoms. The summed E-state index contributed by atoms with van der Waals surface area (Å²) >= 11 is 7.14. The van der Waals surface area contributed by atoms with Gasteiger partial charge in [0.1, 0.15) is 0 Å². The minimum Gasteiger partial charge on any atom is -0.396 e. The smallest absolute Gasteiger partial charge is 0.0808 e. The minimum absolute atomic E-state index is 0.263. The van der Waals surface area contributed by atoms with Gasteiger partial charge in [-0.1, -0.05) is 42.6 Å². The van der Waals surface area contributed by atoms with E-state index in [1.54, 1.807) is 11.3 Å². The van der Waals surface area contributed by atoms with E-state index in [9.17, 15) is 5.11 Å². The van der Waals surface area contributed by atoms with E-state index in [4.69, 9.17) is 17.3 Å². The van der Waals surface area contributed by atoms with Gasteiger partial charge >= 0.3 is 0 Å². The average molecular weight is 390 g/mol. The normalized spacial score (nSPS) is 18.6. The molecule has 1 unspecified atom stereocenters. The molecule has 0 amide bonds. The number of aryl methyl sites for hydroxylation is 1. The molecule has 0 bridgehead atoms. The fourth-order valence-electron chi connectivity index (χ4n) is 3.39. The number of unbranched alkanes of at least 4 members (excludes halogenated alkanes) is 2. The lowest BCUT2D eigenvalue weighted by Crippen LogP contribution is -2.50. The number of hydrogen-bond acceptors (Lipinski definition) is 4. The highest BCUT2D eigenvalue weighted by Crippen LogP contribution is 2.27. The van der Waals surface area contributed by atoms with E-state index in [0.29, 0.717) is 6.04 Å². The van der Waals surface area contributed by atoms with Crippen LogP contribution in [0.15, 0.2) is 41.8 Å². The molecule has 1 aliphatic rings. The van der Waals surface area contributed by atoms with Crippen molar-refractivity contribution in [3.05, 3.63) is 47.4 Å². The molecule has 3 nitrogen and oxygen atoms in total. The molecule has 0 aliphatic carbocycles. The molecule has 1 aromatic carbocycles. The lowest BCUT2D eigenvalue weighted by atomic mass is 9.99. The predicted molar refractivity (Wildman–Crippen MR) is 114 cm³/mol. The Morgan fingerprint density at radius 2 is 2.12 bits per heavy atom. The van der Waals surface area contributed by atoms with Crippen molar-refractivity contribution in [3.63, 3.8) is 0 Å². The molecule has 1 aliphatic heterocycles. The molecule has 2 N–H and O–H groups in total. The van der Waals surface area contributed by atoms with E-state index in [0.717, 1.165) is 50.1 Å². The molecule has 3 rings (SSSR count). The van der Waals surface area contributed by atoms with Crippen LogP contribution in [0.1, 0.15) is 37.7 Å². The number of likely N-dealkylation sites (tertiary alicyclic amines) is 1. The van der Waals surface area contributed by atoms with Gasteiger partial charge in [-0.2, -0.15) is 0 Å². The number of fused-ring (bicyclic) bond motifs is 1. The second kappa shape index (κ2) is 9.60. The van der Waals surface area contributed by atoms with Crippen molar-refractivity contribution in [2.75, 3.05) is 13.2 Å². The molecule has 0 radical (unpaired) electrons. The van der Waals surface area contributed by atoms with Crippen molar-refractivity contribution in [2.24, 2.45) is 0 Å². The molecule has 0 spiro atoms. The van der Waals surface area contributed by atoms with Crippen LogP contribution in [0.5, 0.6) is 0 Å². The fraction of sp³-hybridized carbons (Fsp3) is 0.476. The number of nitrogens with zero attached hydrogens (tertiary/aromatic N) is 1. The fourth-order valence-corrected chi connectivity index (χ4v) is 4.79. The summed E-state index contributed by atoms with van der Waals surface area (Å²) in [6, 6.07) is 8.78. The molecule has 1 saturated heterocycles. The summed E-state index contributed by atoms with van der Waals surface area (Å²) in [6.07, 6.45) is 9.11. The van der Waals surface area contributed by atoms with E-state index >= 15 is 0 Å². The summed E-state index contributed by atoms with van der Waals surface area (Å²) in [4.78, 5) is 3.25. The quantitative estimate of drug-likeness (QED) is 0.361. The first-order valence-corrected chi connectivity index (χ1v) is 10.7.